The molecule has 0 saturated carbocycles. The fourth-order valence-corrected chi connectivity index (χ4v) is 1.09. The minimum absolute atomic E-state index is 0. The van der Waals surface area contributed by atoms with Crippen molar-refractivity contribution in [2.45, 2.75) is 0 Å². The Morgan fingerprint density at radius 1 is 1.07 bits per heavy atom. The fraction of sp³-hybridized carbons (Fsp3) is 0.250. The van der Waals surface area contributed by atoms with Gasteiger partial charge in [-0.15, -0.1) is 0 Å². The molecule has 1 rings (SSSR count). The maximum absolute atomic E-state index is 12.4. The molecule has 78 valence electrons. The Morgan fingerprint density at radius 2 is 1.67 bits per heavy atom. The third-order valence-corrected chi connectivity index (χ3v) is 1.79. The van der Waals surface area contributed by atoms with Crippen molar-refractivity contribution in [2.24, 2.45) is 0 Å². The summed E-state index contributed by atoms with van der Waals surface area (Å²) in [5, 5.41) is 0. The summed E-state index contributed by atoms with van der Waals surface area (Å²) in [4.78, 5) is 0. The predicted molar refractivity (Wildman–Crippen MR) is 48.3 cm³/mol. The fourth-order valence-electron chi connectivity index (χ4n) is 1.09. The van der Waals surface area contributed by atoms with Crippen molar-refractivity contribution >= 4 is 12.4 Å². The molecule has 2 nitrogen and oxygen atoms in total. The molecule has 0 unspecified atom stereocenters. The maximum atomic E-state index is 12.4. The van der Waals surface area contributed by atoms with Gasteiger partial charge in [-0.1, -0.05) is 11.5 Å². The van der Waals surface area contributed by atoms with Crippen molar-refractivity contribution in [3.63, 3.8) is 0 Å². The van der Waals surface area contributed by atoms with Crippen LogP contribution in [0.5, 0.6) is 11.5 Å². The largest absolute Gasteiger partial charge is 1.00 e. The second-order valence-electron chi connectivity index (χ2n) is 2.68. The zero-order valence-electron chi connectivity index (χ0n) is 8.76. The number of ether oxygens (including phenoxy) is 2. The van der Waals surface area contributed by atoms with Gasteiger partial charge in [-0.25, -0.2) is 0 Å². The van der Waals surface area contributed by atoms with Crippen molar-refractivity contribution in [3.05, 3.63) is 18.2 Å². The van der Waals surface area contributed by atoms with Crippen molar-refractivity contribution in [3.8, 4) is 11.5 Å². The zero-order chi connectivity index (χ0) is 10.8. The summed E-state index contributed by atoms with van der Waals surface area (Å²) >= 11 is 0. The first-order valence-electron chi connectivity index (χ1n) is 3.91. The molecule has 0 aliphatic rings. The van der Waals surface area contributed by atoms with Crippen LogP contribution in [0.1, 0.15) is 0 Å². The third kappa shape index (κ3) is 3.99. The van der Waals surface area contributed by atoms with Crippen LogP contribution in [0.15, 0.2) is 18.2 Å². The molecule has 0 amide bonds. The van der Waals surface area contributed by atoms with E-state index >= 15 is 0 Å². The molecule has 0 aromatic heterocycles. The molecule has 1 aromatic rings. The van der Waals surface area contributed by atoms with E-state index in [1.807, 2.05) is 0 Å². The topological polar surface area (TPSA) is 18.5 Å². The molecule has 0 atom stereocenters. The molecule has 0 N–H and O–H groups in total. The van der Waals surface area contributed by atoms with E-state index in [1.54, 1.807) is 0 Å². The van der Waals surface area contributed by atoms with Gasteiger partial charge in [0.05, 0.1) is 20.0 Å². The molecular weight excluding hydrogens is 235 g/mol. The van der Waals surface area contributed by atoms with E-state index in [1.165, 1.54) is 26.4 Å². The number of hydrogen-bond acceptors (Lipinski definition) is 2. The van der Waals surface area contributed by atoms with Crippen LogP contribution in [0, 0.1) is 0 Å². The van der Waals surface area contributed by atoms with Gasteiger partial charge < -0.3 is 22.4 Å². The van der Waals surface area contributed by atoms with Gasteiger partial charge >= 0.3 is 58.4 Å². The second kappa shape index (κ2) is 6.15. The van der Waals surface area contributed by atoms with Gasteiger partial charge in [-0.3, -0.25) is 0 Å². The van der Waals surface area contributed by atoms with Crippen LogP contribution < -0.4 is 66.3 Å². The van der Waals surface area contributed by atoms with Crippen molar-refractivity contribution in [1.29, 1.82) is 0 Å². The smallest absolute Gasteiger partial charge is 0.500 e. The summed E-state index contributed by atoms with van der Waals surface area (Å²) in [6.45, 7) is -5.04. The first-order valence-corrected chi connectivity index (χ1v) is 3.91. The van der Waals surface area contributed by atoms with E-state index in [0.717, 1.165) is 6.07 Å². The Labute approximate surface area is 129 Å². The molecule has 0 heterocycles. The predicted octanol–water partition coefficient (Wildman–Crippen LogP) is -1.24. The summed E-state index contributed by atoms with van der Waals surface area (Å²) in [5.74, 6) is 0.127. The van der Waals surface area contributed by atoms with Crippen LogP contribution >= 0.6 is 0 Å². The van der Waals surface area contributed by atoms with E-state index in [9.17, 15) is 12.9 Å². The molecule has 0 saturated heterocycles. The summed E-state index contributed by atoms with van der Waals surface area (Å²) in [6, 6.07) is 3.43. The van der Waals surface area contributed by atoms with Crippen LogP contribution in [0.2, 0.25) is 0 Å². The van der Waals surface area contributed by atoms with Gasteiger partial charge in [-0.2, -0.15) is 0 Å². The van der Waals surface area contributed by atoms with Crippen LogP contribution in [0.25, 0.3) is 0 Å². The molecule has 0 fully saturated rings. The Bertz CT molecular complexity index is 330. The van der Waals surface area contributed by atoms with Crippen LogP contribution in [-0.2, 0) is 0 Å². The molecular formula is C8H9BF3KO2. The SMILES string of the molecule is COc1ccc([B-](F)(F)F)c(OC)c1.[K+]. The molecule has 0 radical (unpaired) electrons. The summed E-state index contributed by atoms with van der Waals surface area (Å²) in [6.07, 6.45) is 0. The van der Waals surface area contributed by atoms with Crippen LogP contribution in [0.4, 0.5) is 12.9 Å². The molecule has 0 spiro atoms. The quantitative estimate of drug-likeness (QED) is 0.619. The molecule has 15 heavy (non-hydrogen) atoms. The summed E-state index contributed by atoms with van der Waals surface area (Å²) in [7, 11) is 2.58. The molecule has 0 bridgehead atoms. The monoisotopic (exact) mass is 244 g/mol. The van der Waals surface area contributed by atoms with Crippen molar-refractivity contribution in [2.75, 3.05) is 14.2 Å². The van der Waals surface area contributed by atoms with Gasteiger partial charge in [0.1, 0.15) is 5.75 Å². The van der Waals surface area contributed by atoms with E-state index in [0.29, 0.717) is 5.75 Å². The van der Waals surface area contributed by atoms with Crippen molar-refractivity contribution in [1.82, 2.24) is 0 Å². The first kappa shape index (κ1) is 15.3. The number of methoxy groups -OCH3 is 2. The number of hydrogen-bond donors (Lipinski definition) is 0. The summed E-state index contributed by atoms with van der Waals surface area (Å²) in [5.41, 5.74) is -0.742. The minimum Gasteiger partial charge on any atom is -0.500 e. The van der Waals surface area contributed by atoms with Gasteiger partial charge in [0.15, 0.2) is 0 Å². The Kier molecular flexibility index (Phi) is 6.27. The average molecular weight is 244 g/mol. The van der Waals surface area contributed by atoms with E-state index in [2.05, 4.69) is 4.74 Å². The molecule has 1 aromatic carbocycles. The first-order chi connectivity index (χ1) is 6.49. The maximum Gasteiger partial charge on any atom is 1.00 e. The molecule has 0 aliphatic carbocycles. The van der Waals surface area contributed by atoms with E-state index in [4.69, 9.17) is 4.74 Å². The summed E-state index contributed by atoms with van der Waals surface area (Å²) < 4.78 is 46.7. The molecule has 7 heteroatoms. The third-order valence-electron chi connectivity index (χ3n) is 1.79. The Balaban J connectivity index is 0.00000196. The number of benzene rings is 1. The van der Waals surface area contributed by atoms with Gasteiger partial charge in [0.25, 0.3) is 0 Å². The van der Waals surface area contributed by atoms with Gasteiger partial charge in [0.2, 0.25) is 0 Å². The molecule has 0 aliphatic heterocycles. The van der Waals surface area contributed by atoms with Crippen molar-refractivity contribution < 1.29 is 73.8 Å². The van der Waals surface area contributed by atoms with E-state index in [-0.39, 0.29) is 57.1 Å². The van der Waals surface area contributed by atoms with Gasteiger partial charge in [-0.05, 0) is 6.07 Å². The Morgan fingerprint density at radius 3 is 2.07 bits per heavy atom. The van der Waals surface area contributed by atoms with E-state index < -0.39 is 12.4 Å². The zero-order valence-corrected chi connectivity index (χ0v) is 11.9. The number of rotatable bonds is 3. The normalized spacial score (nSPS) is 10.5. The standard InChI is InChI=1S/C8H9BF3O2.K/c1-13-6-3-4-7(9(10,11)12)8(5-6)14-2;/h3-5H,1-2H3;/q-1;+1. The van der Waals surface area contributed by atoms with Crippen LogP contribution in [0.3, 0.4) is 0 Å². The Hall–Kier alpha value is 0.311. The van der Waals surface area contributed by atoms with Crippen LogP contribution in [-0.4, -0.2) is 21.2 Å². The second-order valence-corrected chi connectivity index (χ2v) is 2.68. The average Bonchev–Trinajstić information content (AvgIpc) is 2.15. The minimum atomic E-state index is -5.04. The number of halogens is 3. The van der Waals surface area contributed by atoms with Gasteiger partial charge in [0, 0.05) is 6.07 Å².